The maximum atomic E-state index is 10.8. The van der Waals surface area contributed by atoms with E-state index in [2.05, 4.69) is 10.8 Å². The lowest BCUT2D eigenvalue weighted by Crippen LogP contribution is -2.30. The number of esters is 1. The van der Waals surface area contributed by atoms with Gasteiger partial charge in [0, 0.05) is 6.54 Å². The van der Waals surface area contributed by atoms with Gasteiger partial charge >= 0.3 is 5.97 Å². The number of carbonyl (C=O) groups is 1. The monoisotopic (exact) mass is 182 g/mol. The molecule has 0 radical (unpaired) electrons. The maximum absolute atomic E-state index is 10.8. The Bertz CT molecular complexity index is 222. The lowest BCUT2D eigenvalue weighted by Gasteiger charge is -2.17. The number of nitrogens with zero attached hydrogens (tertiary/aromatic N) is 2. The fourth-order valence-corrected chi connectivity index (χ4v) is 1.58. The van der Waals surface area contributed by atoms with E-state index in [1.165, 1.54) is 7.11 Å². The van der Waals surface area contributed by atoms with Crippen LogP contribution in [0.2, 0.25) is 0 Å². The van der Waals surface area contributed by atoms with Gasteiger partial charge in [-0.2, -0.15) is 5.26 Å². The summed E-state index contributed by atoms with van der Waals surface area (Å²) in [5.74, 6) is -0.205. The maximum Gasteiger partial charge on any atom is 0.306 e. The van der Waals surface area contributed by atoms with Gasteiger partial charge in [0.2, 0.25) is 0 Å². The van der Waals surface area contributed by atoms with Crippen molar-refractivity contribution in [1.82, 2.24) is 4.90 Å². The zero-order valence-corrected chi connectivity index (χ0v) is 7.82. The molecule has 4 nitrogen and oxygen atoms in total. The van der Waals surface area contributed by atoms with Crippen LogP contribution in [0.3, 0.4) is 0 Å². The van der Waals surface area contributed by atoms with Crippen LogP contribution in [-0.4, -0.2) is 37.1 Å². The fourth-order valence-electron chi connectivity index (χ4n) is 1.58. The minimum absolute atomic E-state index is 0.00431. The van der Waals surface area contributed by atoms with Gasteiger partial charge in [-0.05, 0) is 19.4 Å². The highest BCUT2D eigenvalue weighted by Gasteiger charge is 2.24. The number of hydrogen-bond donors (Lipinski definition) is 0. The van der Waals surface area contributed by atoms with Gasteiger partial charge in [-0.25, -0.2) is 0 Å². The third kappa shape index (κ3) is 2.71. The first kappa shape index (κ1) is 10.0. The Morgan fingerprint density at radius 1 is 1.77 bits per heavy atom. The van der Waals surface area contributed by atoms with Gasteiger partial charge < -0.3 is 4.74 Å². The molecule has 0 amide bonds. The molecule has 0 spiro atoms. The molecule has 0 aromatic heterocycles. The van der Waals surface area contributed by atoms with Crippen LogP contribution in [0.1, 0.15) is 19.3 Å². The molecule has 1 unspecified atom stereocenters. The van der Waals surface area contributed by atoms with Gasteiger partial charge in [0.1, 0.15) is 0 Å². The minimum Gasteiger partial charge on any atom is -0.469 e. The average Bonchev–Trinajstić information content (AvgIpc) is 2.61. The molecule has 0 aromatic rings. The summed E-state index contributed by atoms with van der Waals surface area (Å²) < 4.78 is 4.53. The highest BCUT2D eigenvalue weighted by Crippen LogP contribution is 2.16. The lowest BCUT2D eigenvalue weighted by molar-refractivity contribution is -0.140. The van der Waals surface area contributed by atoms with Gasteiger partial charge in [0.05, 0.1) is 25.6 Å². The van der Waals surface area contributed by atoms with E-state index in [1.807, 2.05) is 4.90 Å². The largest absolute Gasteiger partial charge is 0.469 e. The van der Waals surface area contributed by atoms with Crippen LogP contribution < -0.4 is 0 Å². The lowest BCUT2D eigenvalue weighted by atomic mass is 10.2. The van der Waals surface area contributed by atoms with Gasteiger partial charge in [-0.1, -0.05) is 0 Å². The Kier molecular flexibility index (Phi) is 3.71. The van der Waals surface area contributed by atoms with Crippen LogP contribution in [0, 0.1) is 11.3 Å². The van der Waals surface area contributed by atoms with Gasteiger partial charge in [-0.15, -0.1) is 0 Å². The van der Waals surface area contributed by atoms with E-state index in [9.17, 15) is 4.79 Å². The van der Waals surface area contributed by atoms with Gasteiger partial charge in [0.15, 0.2) is 0 Å². The van der Waals surface area contributed by atoms with Crippen LogP contribution >= 0.6 is 0 Å². The normalized spacial score (nSPS) is 22.6. The Balaban J connectivity index is 2.29. The molecule has 1 fully saturated rings. The molecule has 1 heterocycles. The van der Waals surface area contributed by atoms with Crippen molar-refractivity contribution < 1.29 is 9.53 Å². The van der Waals surface area contributed by atoms with Crippen molar-refractivity contribution in [3.63, 3.8) is 0 Å². The molecule has 1 aliphatic rings. The molecular weight excluding hydrogens is 168 g/mol. The molecule has 13 heavy (non-hydrogen) atoms. The zero-order chi connectivity index (χ0) is 9.68. The molecule has 1 saturated heterocycles. The molecule has 1 rings (SSSR count). The summed E-state index contributed by atoms with van der Waals surface area (Å²) in [5, 5.41) is 8.75. The predicted octanol–water partition coefficient (Wildman–Crippen LogP) is 0.537. The summed E-state index contributed by atoms with van der Waals surface area (Å²) >= 11 is 0. The van der Waals surface area contributed by atoms with E-state index < -0.39 is 0 Å². The summed E-state index contributed by atoms with van der Waals surface area (Å²) in [6.07, 6.45) is 2.37. The molecular formula is C9H14N2O2. The second kappa shape index (κ2) is 4.83. The molecule has 1 aliphatic heterocycles. The molecule has 0 bridgehead atoms. The second-order valence-corrected chi connectivity index (χ2v) is 3.15. The summed E-state index contributed by atoms with van der Waals surface area (Å²) in [6, 6.07) is 2.23. The van der Waals surface area contributed by atoms with Crippen molar-refractivity contribution in [3.05, 3.63) is 0 Å². The molecule has 0 aliphatic carbocycles. The van der Waals surface area contributed by atoms with E-state index in [-0.39, 0.29) is 12.0 Å². The summed E-state index contributed by atoms with van der Waals surface area (Å²) in [5.41, 5.74) is 0. The first-order valence-electron chi connectivity index (χ1n) is 4.48. The molecule has 72 valence electrons. The Hall–Kier alpha value is -1.08. The number of ether oxygens (including phenoxy) is 1. The van der Waals surface area contributed by atoms with Crippen LogP contribution in [0.15, 0.2) is 0 Å². The standard InChI is InChI=1S/C9H14N2O2/c1-13-9(12)4-6-11-5-2-3-8(11)7-10/h8H,2-6H2,1H3. The number of hydrogen-bond acceptors (Lipinski definition) is 4. The first-order valence-corrected chi connectivity index (χ1v) is 4.48. The smallest absolute Gasteiger partial charge is 0.306 e. The number of methoxy groups -OCH3 is 1. The van der Waals surface area contributed by atoms with Gasteiger partial charge in [0.25, 0.3) is 0 Å². The van der Waals surface area contributed by atoms with Crippen LogP contribution in [0.5, 0.6) is 0 Å². The van der Waals surface area contributed by atoms with Crippen LogP contribution in [-0.2, 0) is 9.53 Å². The zero-order valence-electron chi connectivity index (χ0n) is 7.82. The second-order valence-electron chi connectivity index (χ2n) is 3.15. The molecule has 0 N–H and O–H groups in total. The molecule has 0 aromatic carbocycles. The Morgan fingerprint density at radius 3 is 3.15 bits per heavy atom. The van der Waals surface area contributed by atoms with Crippen molar-refractivity contribution in [2.24, 2.45) is 0 Å². The number of rotatable bonds is 3. The summed E-state index contributed by atoms with van der Waals surface area (Å²) in [6.45, 7) is 1.57. The van der Waals surface area contributed by atoms with Crippen molar-refractivity contribution in [2.45, 2.75) is 25.3 Å². The highest BCUT2D eigenvalue weighted by molar-refractivity contribution is 5.69. The van der Waals surface area contributed by atoms with Crippen molar-refractivity contribution >= 4 is 5.97 Å². The fraction of sp³-hybridized carbons (Fsp3) is 0.778. The predicted molar refractivity (Wildman–Crippen MR) is 46.8 cm³/mol. The third-order valence-corrected chi connectivity index (χ3v) is 2.34. The molecule has 1 atom stereocenters. The SMILES string of the molecule is COC(=O)CCN1CCCC1C#N. The number of carbonyl (C=O) groups excluding carboxylic acids is 1. The van der Waals surface area contributed by atoms with Crippen LogP contribution in [0.4, 0.5) is 0 Å². The minimum atomic E-state index is -0.205. The van der Waals surface area contributed by atoms with Crippen molar-refractivity contribution in [1.29, 1.82) is 5.26 Å². The third-order valence-electron chi connectivity index (χ3n) is 2.34. The van der Waals surface area contributed by atoms with E-state index in [0.717, 1.165) is 19.4 Å². The van der Waals surface area contributed by atoms with Crippen LogP contribution in [0.25, 0.3) is 0 Å². The molecule has 4 heteroatoms. The van der Waals surface area contributed by atoms with E-state index in [0.29, 0.717) is 13.0 Å². The summed E-state index contributed by atoms with van der Waals surface area (Å²) in [4.78, 5) is 12.9. The Labute approximate surface area is 78.1 Å². The van der Waals surface area contributed by atoms with Gasteiger partial charge in [-0.3, -0.25) is 9.69 Å². The number of nitriles is 1. The quantitative estimate of drug-likeness (QED) is 0.598. The van der Waals surface area contributed by atoms with E-state index in [4.69, 9.17) is 5.26 Å². The first-order chi connectivity index (χ1) is 6.27. The van der Waals surface area contributed by atoms with E-state index in [1.54, 1.807) is 0 Å². The Morgan fingerprint density at radius 2 is 2.54 bits per heavy atom. The highest BCUT2D eigenvalue weighted by atomic mass is 16.5. The molecule has 0 saturated carbocycles. The van der Waals surface area contributed by atoms with E-state index >= 15 is 0 Å². The average molecular weight is 182 g/mol. The topological polar surface area (TPSA) is 53.3 Å². The summed E-state index contributed by atoms with van der Waals surface area (Å²) in [7, 11) is 1.38. The van der Waals surface area contributed by atoms with Crippen molar-refractivity contribution in [3.8, 4) is 6.07 Å². The van der Waals surface area contributed by atoms with Crippen molar-refractivity contribution in [2.75, 3.05) is 20.2 Å². The number of likely N-dealkylation sites (tertiary alicyclic amines) is 1.